The van der Waals surface area contributed by atoms with Crippen LogP contribution in [0.25, 0.3) is 0 Å². The van der Waals surface area contributed by atoms with E-state index in [1.807, 2.05) is 0 Å². The summed E-state index contributed by atoms with van der Waals surface area (Å²) in [6.07, 6.45) is -4.73. The number of methoxy groups -OCH3 is 1. The van der Waals surface area contributed by atoms with Gasteiger partial charge < -0.3 is 10.2 Å². The third-order valence-corrected chi connectivity index (χ3v) is 2.16. The molecule has 1 rings (SSSR count). The van der Waals surface area contributed by atoms with Gasteiger partial charge in [0.15, 0.2) is 0 Å². The van der Waals surface area contributed by atoms with Crippen molar-refractivity contribution in [1.82, 2.24) is 5.01 Å². The molecule has 0 unspecified atom stereocenters. The molecule has 0 saturated carbocycles. The fraction of sp³-hybridized carbons (Fsp3) is 0.400. The lowest BCUT2D eigenvalue weighted by Gasteiger charge is -2.17. The minimum atomic E-state index is -4.73. The van der Waals surface area contributed by atoms with E-state index < -0.39 is 28.1 Å². The van der Waals surface area contributed by atoms with Crippen LogP contribution in [0.1, 0.15) is 5.56 Å². The Hall–Kier alpha value is -2.03. The second-order valence-electron chi connectivity index (χ2n) is 3.83. The van der Waals surface area contributed by atoms with Crippen LogP contribution in [-0.4, -0.2) is 31.1 Å². The van der Waals surface area contributed by atoms with Crippen molar-refractivity contribution in [3.05, 3.63) is 27.8 Å². The van der Waals surface area contributed by atoms with Crippen LogP contribution in [0.3, 0.4) is 0 Å². The Morgan fingerprint density at radius 2 is 1.95 bits per heavy atom. The maximum atomic E-state index is 12.7. The first-order valence-corrected chi connectivity index (χ1v) is 5.04. The maximum absolute atomic E-state index is 12.7. The Morgan fingerprint density at radius 3 is 2.32 bits per heavy atom. The number of nitrogens with one attached hydrogen (secondary N) is 1. The average molecular weight is 279 g/mol. The van der Waals surface area contributed by atoms with Gasteiger partial charge in [0.2, 0.25) is 0 Å². The lowest BCUT2D eigenvalue weighted by molar-refractivity contribution is -0.384. The van der Waals surface area contributed by atoms with Gasteiger partial charge >= 0.3 is 6.18 Å². The number of nitrogens with zero attached hydrogens (tertiary/aromatic N) is 2. The predicted octanol–water partition coefficient (Wildman–Crippen LogP) is 2.51. The Kier molecular flexibility index (Phi) is 4.20. The number of rotatable bonds is 4. The predicted molar refractivity (Wildman–Crippen MR) is 62.0 cm³/mol. The lowest BCUT2D eigenvalue weighted by Crippen LogP contribution is -2.21. The van der Waals surface area contributed by atoms with Crippen molar-refractivity contribution in [2.75, 3.05) is 26.6 Å². The topological polar surface area (TPSA) is 67.6 Å². The lowest BCUT2D eigenvalue weighted by atomic mass is 10.1. The Morgan fingerprint density at radius 1 is 1.37 bits per heavy atom. The second-order valence-corrected chi connectivity index (χ2v) is 3.83. The number of nitro groups is 1. The number of ether oxygens (including phenoxy) is 1. The number of nitro benzene ring substituents is 1. The third-order valence-electron chi connectivity index (χ3n) is 2.16. The number of halogens is 3. The molecule has 0 aliphatic rings. The molecular weight excluding hydrogens is 267 g/mol. The van der Waals surface area contributed by atoms with E-state index in [1.54, 1.807) is 14.1 Å². The van der Waals surface area contributed by atoms with Crippen molar-refractivity contribution in [3.8, 4) is 5.75 Å². The monoisotopic (exact) mass is 279 g/mol. The molecule has 0 fully saturated rings. The van der Waals surface area contributed by atoms with Crippen LogP contribution in [0, 0.1) is 10.1 Å². The van der Waals surface area contributed by atoms with Gasteiger partial charge in [0, 0.05) is 26.2 Å². The molecule has 0 saturated heterocycles. The fourth-order valence-corrected chi connectivity index (χ4v) is 1.44. The van der Waals surface area contributed by atoms with Gasteiger partial charge in [-0.15, -0.1) is 0 Å². The van der Waals surface area contributed by atoms with Gasteiger partial charge in [-0.2, -0.15) is 13.2 Å². The molecule has 6 nitrogen and oxygen atoms in total. The van der Waals surface area contributed by atoms with Crippen molar-refractivity contribution < 1.29 is 22.8 Å². The van der Waals surface area contributed by atoms with Crippen LogP contribution in [0.15, 0.2) is 12.1 Å². The van der Waals surface area contributed by atoms with Gasteiger partial charge in [-0.05, 0) is 0 Å². The molecule has 1 aromatic carbocycles. The number of hydrogen-bond donors (Lipinski definition) is 1. The van der Waals surface area contributed by atoms with Crippen molar-refractivity contribution in [2.24, 2.45) is 0 Å². The Labute approximate surface area is 106 Å². The molecule has 0 amide bonds. The highest BCUT2D eigenvalue weighted by Gasteiger charge is 2.37. The van der Waals surface area contributed by atoms with Gasteiger partial charge in [-0.3, -0.25) is 10.1 Å². The number of hydrogen-bond acceptors (Lipinski definition) is 5. The van der Waals surface area contributed by atoms with Crippen molar-refractivity contribution in [1.29, 1.82) is 0 Å². The summed E-state index contributed by atoms with van der Waals surface area (Å²) >= 11 is 0. The van der Waals surface area contributed by atoms with E-state index in [-0.39, 0.29) is 5.69 Å². The third kappa shape index (κ3) is 3.47. The molecule has 0 atom stereocenters. The molecular formula is C10H12F3N3O3. The molecule has 0 aliphatic carbocycles. The summed E-state index contributed by atoms with van der Waals surface area (Å²) < 4.78 is 42.8. The molecule has 19 heavy (non-hydrogen) atoms. The highest BCUT2D eigenvalue weighted by atomic mass is 19.4. The molecule has 0 heterocycles. The van der Waals surface area contributed by atoms with Gasteiger partial charge in [-0.25, -0.2) is 5.01 Å². The molecule has 106 valence electrons. The first-order valence-electron chi connectivity index (χ1n) is 5.04. The molecule has 9 heteroatoms. The molecule has 1 aromatic rings. The fourth-order valence-electron chi connectivity index (χ4n) is 1.44. The normalized spacial score (nSPS) is 11.5. The minimum absolute atomic E-state index is 0.0835. The highest BCUT2D eigenvalue weighted by Crippen LogP contribution is 2.41. The van der Waals surface area contributed by atoms with Crippen LogP contribution in [-0.2, 0) is 6.18 Å². The maximum Gasteiger partial charge on any atom is 0.420 e. The first kappa shape index (κ1) is 15.0. The number of alkyl halides is 3. The summed E-state index contributed by atoms with van der Waals surface area (Å²) in [6.45, 7) is 0. The standard InChI is InChI=1S/C10H12F3N3O3/c1-15(2)14-7-5-9(19-3)6(10(11,12)13)4-8(7)16(17)18/h4-5,14H,1-3H3. The summed E-state index contributed by atoms with van der Waals surface area (Å²) in [5.74, 6) is -0.484. The molecule has 1 N–H and O–H groups in total. The van der Waals surface area contributed by atoms with E-state index in [0.29, 0.717) is 6.07 Å². The molecule has 0 aliphatic heterocycles. The van der Waals surface area contributed by atoms with Crippen molar-refractivity contribution in [2.45, 2.75) is 6.18 Å². The van der Waals surface area contributed by atoms with Crippen LogP contribution in [0.5, 0.6) is 5.75 Å². The van der Waals surface area contributed by atoms with E-state index >= 15 is 0 Å². The van der Waals surface area contributed by atoms with Gasteiger partial charge in [0.1, 0.15) is 17.0 Å². The largest absolute Gasteiger partial charge is 0.496 e. The van der Waals surface area contributed by atoms with Crippen molar-refractivity contribution >= 4 is 11.4 Å². The van der Waals surface area contributed by atoms with E-state index in [4.69, 9.17) is 0 Å². The Balaban J connectivity index is 3.46. The van der Waals surface area contributed by atoms with Crippen molar-refractivity contribution in [3.63, 3.8) is 0 Å². The van der Waals surface area contributed by atoms with E-state index in [0.717, 1.165) is 13.2 Å². The van der Waals surface area contributed by atoms with Crippen LogP contribution >= 0.6 is 0 Å². The Bertz CT molecular complexity index is 489. The molecule has 0 bridgehead atoms. The number of anilines is 1. The summed E-state index contributed by atoms with van der Waals surface area (Å²) in [5.41, 5.74) is 0.601. The zero-order valence-corrected chi connectivity index (χ0v) is 10.4. The quantitative estimate of drug-likeness (QED) is 0.677. The molecule has 0 spiro atoms. The van der Waals surface area contributed by atoms with E-state index in [1.165, 1.54) is 5.01 Å². The van der Waals surface area contributed by atoms with E-state index in [9.17, 15) is 23.3 Å². The number of hydrazine groups is 1. The van der Waals surface area contributed by atoms with Crippen LogP contribution < -0.4 is 10.2 Å². The summed E-state index contributed by atoms with van der Waals surface area (Å²) in [4.78, 5) is 9.93. The zero-order valence-electron chi connectivity index (χ0n) is 10.4. The zero-order chi connectivity index (χ0) is 14.8. The first-order chi connectivity index (χ1) is 8.66. The van der Waals surface area contributed by atoms with Gasteiger partial charge in [0.25, 0.3) is 5.69 Å². The molecule has 0 radical (unpaired) electrons. The van der Waals surface area contributed by atoms with Gasteiger partial charge in [-0.1, -0.05) is 0 Å². The summed E-state index contributed by atoms with van der Waals surface area (Å²) in [5, 5.41) is 12.2. The minimum Gasteiger partial charge on any atom is -0.496 e. The van der Waals surface area contributed by atoms with Gasteiger partial charge in [0.05, 0.1) is 12.0 Å². The van der Waals surface area contributed by atoms with Crippen LogP contribution in [0.2, 0.25) is 0 Å². The molecule has 0 aromatic heterocycles. The van der Waals surface area contributed by atoms with E-state index in [2.05, 4.69) is 10.2 Å². The smallest absolute Gasteiger partial charge is 0.420 e. The number of benzene rings is 1. The summed E-state index contributed by atoms with van der Waals surface area (Å²) in [7, 11) is 4.16. The van der Waals surface area contributed by atoms with Crippen LogP contribution in [0.4, 0.5) is 24.5 Å². The average Bonchev–Trinajstić information content (AvgIpc) is 2.25. The highest BCUT2D eigenvalue weighted by molar-refractivity contribution is 5.66. The second kappa shape index (κ2) is 5.31. The SMILES string of the molecule is COc1cc(NN(C)C)c([N+](=O)[O-])cc1C(F)(F)F. The summed E-state index contributed by atoms with van der Waals surface area (Å²) in [6, 6.07) is 1.39.